The fraction of sp³-hybridized carbons (Fsp3) is 0.333. The van der Waals surface area contributed by atoms with Crippen LogP contribution in [0.25, 0.3) is 11.8 Å². The van der Waals surface area contributed by atoms with Crippen LogP contribution in [-0.4, -0.2) is 32.9 Å². The number of rotatable bonds is 5. The first kappa shape index (κ1) is 17.8. The Kier molecular flexibility index (Phi) is 5.34. The minimum atomic E-state index is -0.782. The molecule has 1 heterocycles. The zero-order valence-electron chi connectivity index (χ0n) is 13.6. The molecule has 1 aromatic heterocycles. The SMILES string of the molecule is O=C(/C=C/c1ccc(-n2cc(Br)cn2)c(F)c1)NCC1(O)CCCC1. The van der Waals surface area contributed by atoms with Gasteiger partial charge in [-0.1, -0.05) is 18.9 Å². The number of amides is 1. The van der Waals surface area contributed by atoms with Crippen molar-refractivity contribution < 1.29 is 14.3 Å². The third-order valence-electron chi connectivity index (χ3n) is 4.32. The number of nitrogens with zero attached hydrogens (tertiary/aromatic N) is 2. The van der Waals surface area contributed by atoms with Gasteiger partial charge in [-0.05, 0) is 52.5 Å². The Balaban J connectivity index is 1.61. The third-order valence-corrected chi connectivity index (χ3v) is 4.73. The van der Waals surface area contributed by atoms with Crippen molar-refractivity contribution in [1.29, 1.82) is 0 Å². The maximum Gasteiger partial charge on any atom is 0.244 e. The summed E-state index contributed by atoms with van der Waals surface area (Å²) in [4.78, 5) is 11.9. The second kappa shape index (κ2) is 7.49. The van der Waals surface area contributed by atoms with E-state index in [-0.39, 0.29) is 12.5 Å². The van der Waals surface area contributed by atoms with Gasteiger partial charge in [0, 0.05) is 18.8 Å². The van der Waals surface area contributed by atoms with Crippen LogP contribution in [0.3, 0.4) is 0 Å². The molecule has 1 fully saturated rings. The van der Waals surface area contributed by atoms with E-state index >= 15 is 0 Å². The fourth-order valence-electron chi connectivity index (χ4n) is 2.94. The van der Waals surface area contributed by atoms with E-state index in [4.69, 9.17) is 0 Å². The minimum absolute atomic E-state index is 0.248. The van der Waals surface area contributed by atoms with Gasteiger partial charge in [-0.15, -0.1) is 0 Å². The highest BCUT2D eigenvalue weighted by Gasteiger charge is 2.30. The van der Waals surface area contributed by atoms with Crippen LogP contribution in [0.15, 0.2) is 41.1 Å². The van der Waals surface area contributed by atoms with E-state index in [0.29, 0.717) is 24.1 Å². The van der Waals surface area contributed by atoms with Crippen LogP contribution < -0.4 is 5.32 Å². The number of aliphatic hydroxyl groups is 1. The van der Waals surface area contributed by atoms with Crippen molar-refractivity contribution in [3.63, 3.8) is 0 Å². The van der Waals surface area contributed by atoms with E-state index in [2.05, 4.69) is 26.3 Å². The number of carbonyl (C=O) groups excluding carboxylic acids is 1. The van der Waals surface area contributed by atoms with Crippen LogP contribution in [0.2, 0.25) is 0 Å². The molecule has 2 N–H and O–H groups in total. The first-order valence-electron chi connectivity index (χ1n) is 8.14. The summed E-state index contributed by atoms with van der Waals surface area (Å²) in [7, 11) is 0. The molecular formula is C18H19BrFN3O2. The van der Waals surface area contributed by atoms with Gasteiger partial charge >= 0.3 is 0 Å². The summed E-state index contributed by atoms with van der Waals surface area (Å²) < 4.78 is 16.4. The highest BCUT2D eigenvalue weighted by molar-refractivity contribution is 9.10. The topological polar surface area (TPSA) is 67.2 Å². The van der Waals surface area contributed by atoms with Gasteiger partial charge in [-0.3, -0.25) is 4.79 Å². The van der Waals surface area contributed by atoms with Crippen molar-refractivity contribution in [1.82, 2.24) is 15.1 Å². The second-order valence-corrected chi connectivity index (χ2v) is 7.21. The third kappa shape index (κ3) is 4.55. The molecule has 1 aromatic carbocycles. The normalized spacial score (nSPS) is 16.4. The molecule has 0 saturated heterocycles. The highest BCUT2D eigenvalue weighted by atomic mass is 79.9. The summed E-state index contributed by atoms with van der Waals surface area (Å²) in [6, 6.07) is 4.66. The van der Waals surface area contributed by atoms with Gasteiger partial charge in [0.25, 0.3) is 0 Å². The molecule has 0 unspecified atom stereocenters. The monoisotopic (exact) mass is 407 g/mol. The molecule has 3 rings (SSSR count). The van der Waals surface area contributed by atoms with Crippen LogP contribution in [-0.2, 0) is 4.79 Å². The molecule has 0 spiro atoms. The summed E-state index contributed by atoms with van der Waals surface area (Å²) in [5.41, 5.74) is 0.118. The lowest BCUT2D eigenvalue weighted by molar-refractivity contribution is -0.117. The summed E-state index contributed by atoms with van der Waals surface area (Å²) in [6.45, 7) is 0.248. The average Bonchev–Trinajstić information content (AvgIpc) is 3.20. The lowest BCUT2D eigenvalue weighted by atomic mass is 10.0. The largest absolute Gasteiger partial charge is 0.388 e. The Bertz CT molecular complexity index is 797. The highest BCUT2D eigenvalue weighted by Crippen LogP contribution is 2.28. The zero-order chi connectivity index (χ0) is 17.9. The molecule has 0 atom stereocenters. The summed E-state index contributed by atoms with van der Waals surface area (Å²) in [5.74, 6) is -0.737. The van der Waals surface area contributed by atoms with Gasteiger partial charge in [0.1, 0.15) is 11.5 Å². The van der Waals surface area contributed by atoms with E-state index in [1.54, 1.807) is 30.6 Å². The van der Waals surface area contributed by atoms with Crippen LogP contribution in [0.1, 0.15) is 31.2 Å². The summed E-state index contributed by atoms with van der Waals surface area (Å²) >= 11 is 3.27. The van der Waals surface area contributed by atoms with Crippen molar-refractivity contribution in [2.75, 3.05) is 6.54 Å². The lowest BCUT2D eigenvalue weighted by Crippen LogP contribution is -2.40. The van der Waals surface area contributed by atoms with E-state index in [0.717, 1.165) is 17.3 Å². The van der Waals surface area contributed by atoms with E-state index < -0.39 is 11.4 Å². The van der Waals surface area contributed by atoms with Crippen molar-refractivity contribution in [3.8, 4) is 5.69 Å². The smallest absolute Gasteiger partial charge is 0.244 e. The molecule has 5 nitrogen and oxygen atoms in total. The van der Waals surface area contributed by atoms with Gasteiger partial charge in [0.2, 0.25) is 5.91 Å². The molecule has 1 amide bonds. The van der Waals surface area contributed by atoms with Crippen molar-refractivity contribution in [3.05, 3.63) is 52.5 Å². The Morgan fingerprint density at radius 3 is 2.84 bits per heavy atom. The van der Waals surface area contributed by atoms with Crippen molar-refractivity contribution in [2.45, 2.75) is 31.3 Å². The predicted molar refractivity (Wildman–Crippen MR) is 96.7 cm³/mol. The molecule has 1 saturated carbocycles. The van der Waals surface area contributed by atoms with E-state index in [1.165, 1.54) is 16.8 Å². The van der Waals surface area contributed by atoms with Crippen molar-refractivity contribution >= 4 is 27.9 Å². The molecule has 1 aliphatic carbocycles. The predicted octanol–water partition coefficient (Wildman–Crippen LogP) is 3.21. The lowest BCUT2D eigenvalue weighted by Gasteiger charge is -2.21. The molecule has 0 bridgehead atoms. The Hall–Kier alpha value is -1.99. The minimum Gasteiger partial charge on any atom is -0.388 e. The van der Waals surface area contributed by atoms with Crippen LogP contribution >= 0.6 is 15.9 Å². The first-order chi connectivity index (χ1) is 12.0. The van der Waals surface area contributed by atoms with Crippen LogP contribution in [0, 0.1) is 5.82 Å². The Labute approximate surface area is 153 Å². The molecule has 2 aromatic rings. The number of hydrogen-bond donors (Lipinski definition) is 2. The quantitative estimate of drug-likeness (QED) is 0.747. The summed E-state index contributed by atoms with van der Waals surface area (Å²) in [5, 5.41) is 16.9. The number of carbonyl (C=O) groups is 1. The number of hydrogen-bond acceptors (Lipinski definition) is 3. The molecule has 7 heteroatoms. The molecule has 0 radical (unpaired) electrons. The molecule has 1 aliphatic rings. The number of aromatic nitrogens is 2. The van der Waals surface area contributed by atoms with Gasteiger partial charge in [-0.25, -0.2) is 9.07 Å². The van der Waals surface area contributed by atoms with Gasteiger partial charge in [-0.2, -0.15) is 5.10 Å². The maximum atomic E-state index is 14.2. The fourth-order valence-corrected chi connectivity index (χ4v) is 3.22. The van der Waals surface area contributed by atoms with E-state index in [1.807, 2.05) is 0 Å². The van der Waals surface area contributed by atoms with Gasteiger partial charge < -0.3 is 10.4 Å². The van der Waals surface area contributed by atoms with Gasteiger partial charge in [0.05, 0.1) is 16.3 Å². The molecule has 25 heavy (non-hydrogen) atoms. The number of nitrogens with one attached hydrogen (secondary N) is 1. The standard InChI is InChI=1S/C18H19BrFN3O2/c19-14-10-22-23(11-14)16-5-3-13(9-15(16)20)4-6-17(24)21-12-18(25)7-1-2-8-18/h3-6,9-11,25H,1-2,7-8,12H2,(H,21,24)/b6-4+. The van der Waals surface area contributed by atoms with Crippen LogP contribution in [0.5, 0.6) is 0 Å². The molecular weight excluding hydrogens is 389 g/mol. The second-order valence-electron chi connectivity index (χ2n) is 6.30. The molecule has 0 aliphatic heterocycles. The van der Waals surface area contributed by atoms with Gasteiger partial charge in [0.15, 0.2) is 0 Å². The zero-order valence-corrected chi connectivity index (χ0v) is 15.2. The average molecular weight is 408 g/mol. The number of halogens is 2. The maximum absolute atomic E-state index is 14.2. The Morgan fingerprint density at radius 1 is 1.44 bits per heavy atom. The first-order valence-corrected chi connectivity index (χ1v) is 8.93. The van der Waals surface area contributed by atoms with Crippen LogP contribution in [0.4, 0.5) is 4.39 Å². The molecule has 132 valence electrons. The summed E-state index contributed by atoms with van der Waals surface area (Å²) in [6.07, 6.45) is 9.53. The Morgan fingerprint density at radius 2 is 2.20 bits per heavy atom. The van der Waals surface area contributed by atoms with Crippen molar-refractivity contribution in [2.24, 2.45) is 0 Å². The van der Waals surface area contributed by atoms with E-state index in [9.17, 15) is 14.3 Å². The number of benzene rings is 1.